The van der Waals surface area contributed by atoms with Gasteiger partial charge < -0.3 is 15.5 Å². The van der Waals surface area contributed by atoms with E-state index in [1.807, 2.05) is 0 Å². The number of carbonyl (C=O) groups is 2. The molecule has 124 valence electrons. The third kappa shape index (κ3) is 2.86. The van der Waals surface area contributed by atoms with E-state index in [4.69, 9.17) is 0 Å². The van der Waals surface area contributed by atoms with Crippen LogP contribution in [0.1, 0.15) is 39.5 Å². The number of hydrogen-bond donors (Lipinski definition) is 2. The highest BCUT2D eigenvalue weighted by Gasteiger charge is 2.53. The Labute approximate surface area is 132 Å². The number of urea groups is 1. The van der Waals surface area contributed by atoms with Crippen molar-refractivity contribution in [1.29, 1.82) is 0 Å². The van der Waals surface area contributed by atoms with Gasteiger partial charge in [-0.05, 0) is 44.7 Å². The lowest BCUT2D eigenvalue weighted by Gasteiger charge is -2.38. The van der Waals surface area contributed by atoms with Crippen LogP contribution < -0.4 is 10.6 Å². The van der Waals surface area contributed by atoms with Crippen LogP contribution in [0.4, 0.5) is 4.79 Å². The van der Waals surface area contributed by atoms with Crippen molar-refractivity contribution in [3.8, 4) is 0 Å². The smallest absolute Gasteiger partial charge is 0.323 e. The van der Waals surface area contributed by atoms with E-state index in [1.54, 1.807) is 0 Å². The Bertz CT molecular complexity index is 437. The van der Waals surface area contributed by atoms with E-state index in [0.29, 0.717) is 5.92 Å². The number of nitrogens with zero attached hydrogens (tertiary/aromatic N) is 2. The standard InChI is InChI=1S/C16H28N4O2/c1-12(2)11-19-9-5-16(6-10-19)14(21)20(15(22)18-16)13-3-7-17-8-4-13/h12-13,17H,3-11H2,1-2H3,(H,18,22). The fraction of sp³-hybridized carbons (Fsp3) is 0.875. The molecule has 3 amide bonds. The van der Waals surface area contributed by atoms with Gasteiger partial charge in [0.1, 0.15) is 5.54 Å². The van der Waals surface area contributed by atoms with E-state index >= 15 is 0 Å². The maximum absolute atomic E-state index is 12.9. The van der Waals surface area contributed by atoms with Gasteiger partial charge in [-0.1, -0.05) is 13.8 Å². The lowest BCUT2D eigenvalue weighted by atomic mass is 9.86. The Morgan fingerprint density at radius 1 is 1.18 bits per heavy atom. The minimum Gasteiger partial charge on any atom is -0.323 e. The molecule has 0 saturated carbocycles. The third-order valence-corrected chi connectivity index (χ3v) is 5.20. The van der Waals surface area contributed by atoms with Gasteiger partial charge in [0, 0.05) is 25.7 Å². The van der Waals surface area contributed by atoms with Gasteiger partial charge in [-0.15, -0.1) is 0 Å². The molecular formula is C16H28N4O2. The molecule has 3 aliphatic heterocycles. The molecule has 0 unspecified atom stereocenters. The Balaban J connectivity index is 1.66. The minimum absolute atomic E-state index is 0.0218. The number of carbonyl (C=O) groups excluding carboxylic acids is 2. The van der Waals surface area contributed by atoms with E-state index < -0.39 is 5.54 Å². The van der Waals surface area contributed by atoms with Crippen molar-refractivity contribution < 1.29 is 9.59 Å². The quantitative estimate of drug-likeness (QED) is 0.756. The number of hydrogen-bond acceptors (Lipinski definition) is 4. The largest absolute Gasteiger partial charge is 0.325 e. The molecule has 0 aromatic rings. The molecule has 3 heterocycles. The van der Waals surface area contributed by atoms with Gasteiger partial charge >= 0.3 is 6.03 Å². The van der Waals surface area contributed by atoms with Crippen molar-refractivity contribution in [3.63, 3.8) is 0 Å². The van der Waals surface area contributed by atoms with Crippen molar-refractivity contribution in [1.82, 2.24) is 20.4 Å². The van der Waals surface area contributed by atoms with Crippen molar-refractivity contribution >= 4 is 11.9 Å². The Morgan fingerprint density at radius 2 is 1.82 bits per heavy atom. The topological polar surface area (TPSA) is 64.7 Å². The van der Waals surface area contributed by atoms with E-state index in [2.05, 4.69) is 29.4 Å². The summed E-state index contributed by atoms with van der Waals surface area (Å²) in [7, 11) is 0. The molecule has 22 heavy (non-hydrogen) atoms. The van der Waals surface area contributed by atoms with E-state index in [0.717, 1.165) is 58.4 Å². The SMILES string of the molecule is CC(C)CN1CCC2(CC1)NC(=O)N(C1CCNCC1)C2=O. The Morgan fingerprint density at radius 3 is 2.41 bits per heavy atom. The van der Waals surface area contributed by atoms with Gasteiger partial charge in [0.15, 0.2) is 0 Å². The van der Waals surface area contributed by atoms with E-state index in [-0.39, 0.29) is 18.0 Å². The van der Waals surface area contributed by atoms with Gasteiger partial charge in [-0.25, -0.2) is 4.79 Å². The maximum atomic E-state index is 12.9. The van der Waals surface area contributed by atoms with Gasteiger partial charge in [-0.3, -0.25) is 9.69 Å². The highest BCUT2D eigenvalue weighted by Crippen LogP contribution is 2.32. The van der Waals surface area contributed by atoms with Crippen LogP contribution in [0, 0.1) is 5.92 Å². The van der Waals surface area contributed by atoms with Crippen LogP contribution in [0.3, 0.4) is 0 Å². The van der Waals surface area contributed by atoms with Crippen LogP contribution in [0.25, 0.3) is 0 Å². The summed E-state index contributed by atoms with van der Waals surface area (Å²) in [6.45, 7) is 9.05. The molecule has 0 atom stereocenters. The third-order valence-electron chi connectivity index (χ3n) is 5.20. The summed E-state index contributed by atoms with van der Waals surface area (Å²) in [4.78, 5) is 29.2. The molecule has 3 fully saturated rings. The van der Waals surface area contributed by atoms with Crippen molar-refractivity contribution in [2.24, 2.45) is 5.92 Å². The van der Waals surface area contributed by atoms with Gasteiger partial charge in [0.05, 0.1) is 0 Å². The van der Waals surface area contributed by atoms with Crippen LogP contribution in [-0.4, -0.2) is 66.0 Å². The first-order valence-corrected chi connectivity index (χ1v) is 8.61. The number of amides is 3. The van der Waals surface area contributed by atoms with Crippen molar-refractivity contribution in [2.75, 3.05) is 32.7 Å². The predicted octanol–water partition coefficient (Wildman–Crippen LogP) is 0.781. The highest BCUT2D eigenvalue weighted by atomic mass is 16.2. The van der Waals surface area contributed by atoms with Crippen LogP contribution in [0.15, 0.2) is 0 Å². The fourth-order valence-electron chi connectivity index (χ4n) is 4.01. The summed E-state index contributed by atoms with van der Waals surface area (Å²) in [6.07, 6.45) is 3.22. The number of likely N-dealkylation sites (tertiary alicyclic amines) is 1. The zero-order valence-corrected chi connectivity index (χ0v) is 13.7. The summed E-state index contributed by atoms with van der Waals surface area (Å²) in [5.41, 5.74) is -0.630. The van der Waals surface area contributed by atoms with Crippen molar-refractivity contribution in [3.05, 3.63) is 0 Å². The molecule has 0 bridgehead atoms. The highest BCUT2D eigenvalue weighted by molar-refractivity contribution is 6.07. The van der Waals surface area contributed by atoms with E-state index in [1.165, 1.54) is 4.90 Å². The molecule has 3 rings (SSSR count). The Hall–Kier alpha value is -1.14. The minimum atomic E-state index is -0.630. The molecule has 0 aromatic heterocycles. The van der Waals surface area contributed by atoms with Gasteiger partial charge in [0.25, 0.3) is 5.91 Å². The first kappa shape index (κ1) is 15.7. The second-order valence-electron chi connectivity index (χ2n) is 7.36. The summed E-state index contributed by atoms with van der Waals surface area (Å²) >= 11 is 0. The lowest BCUT2D eigenvalue weighted by Crippen LogP contribution is -2.56. The van der Waals surface area contributed by atoms with Gasteiger partial charge in [0.2, 0.25) is 0 Å². The van der Waals surface area contributed by atoms with Crippen LogP contribution in [0.5, 0.6) is 0 Å². The predicted molar refractivity (Wildman–Crippen MR) is 84.5 cm³/mol. The molecule has 0 aliphatic carbocycles. The molecular weight excluding hydrogens is 280 g/mol. The molecule has 0 radical (unpaired) electrons. The fourth-order valence-corrected chi connectivity index (χ4v) is 4.01. The molecule has 6 nitrogen and oxygen atoms in total. The number of rotatable bonds is 3. The molecule has 1 spiro atoms. The second-order valence-corrected chi connectivity index (χ2v) is 7.36. The monoisotopic (exact) mass is 308 g/mol. The number of piperidine rings is 2. The zero-order valence-electron chi connectivity index (χ0n) is 13.7. The average Bonchev–Trinajstić information content (AvgIpc) is 2.73. The zero-order chi connectivity index (χ0) is 15.7. The lowest BCUT2D eigenvalue weighted by molar-refractivity contribution is -0.134. The van der Waals surface area contributed by atoms with E-state index in [9.17, 15) is 9.59 Å². The van der Waals surface area contributed by atoms with Crippen LogP contribution >= 0.6 is 0 Å². The molecule has 3 aliphatic rings. The van der Waals surface area contributed by atoms with Crippen LogP contribution in [-0.2, 0) is 4.79 Å². The second kappa shape index (κ2) is 6.16. The normalized spacial score (nSPS) is 27.0. The average molecular weight is 308 g/mol. The number of imide groups is 1. The van der Waals surface area contributed by atoms with Crippen LogP contribution in [0.2, 0.25) is 0 Å². The molecule has 6 heteroatoms. The Kier molecular flexibility index (Phi) is 4.41. The summed E-state index contributed by atoms with van der Waals surface area (Å²) in [5, 5.41) is 6.32. The maximum Gasteiger partial charge on any atom is 0.325 e. The first-order chi connectivity index (χ1) is 10.5. The molecule has 3 saturated heterocycles. The van der Waals surface area contributed by atoms with Gasteiger partial charge in [-0.2, -0.15) is 0 Å². The summed E-state index contributed by atoms with van der Waals surface area (Å²) < 4.78 is 0. The van der Waals surface area contributed by atoms with Crippen molar-refractivity contribution in [2.45, 2.75) is 51.1 Å². The molecule has 2 N–H and O–H groups in total. The first-order valence-electron chi connectivity index (χ1n) is 8.61. The summed E-state index contributed by atoms with van der Waals surface area (Å²) in [5.74, 6) is 0.655. The summed E-state index contributed by atoms with van der Waals surface area (Å²) in [6, 6.07) is -0.101. The molecule has 0 aromatic carbocycles. The number of nitrogens with one attached hydrogen (secondary N) is 2.